The SMILES string of the molecule is CN=C(NCc1ccc(CN2CCCC2=O)cc1)NCc1ccc(OC)cc1OC. The second-order valence-electron chi connectivity index (χ2n) is 7.19. The van der Waals surface area contributed by atoms with Crippen LogP contribution < -0.4 is 20.1 Å². The van der Waals surface area contributed by atoms with Crippen molar-refractivity contribution in [3.63, 3.8) is 0 Å². The van der Waals surface area contributed by atoms with Gasteiger partial charge in [-0.2, -0.15) is 0 Å². The van der Waals surface area contributed by atoms with E-state index in [0.717, 1.165) is 41.2 Å². The molecule has 0 aliphatic carbocycles. The lowest BCUT2D eigenvalue weighted by atomic mass is 10.1. The van der Waals surface area contributed by atoms with E-state index in [1.54, 1.807) is 21.3 Å². The quantitative estimate of drug-likeness (QED) is 0.517. The van der Waals surface area contributed by atoms with Gasteiger partial charge in [-0.05, 0) is 29.7 Å². The Hall–Kier alpha value is -3.22. The Morgan fingerprint density at radius 1 is 1.03 bits per heavy atom. The van der Waals surface area contributed by atoms with Crippen LogP contribution in [0.2, 0.25) is 0 Å². The number of ether oxygens (including phenoxy) is 2. The number of hydrogen-bond donors (Lipinski definition) is 2. The molecule has 0 radical (unpaired) electrons. The molecule has 2 aromatic carbocycles. The molecule has 0 atom stereocenters. The number of carbonyl (C=O) groups excluding carboxylic acids is 1. The van der Waals surface area contributed by atoms with Crippen LogP contribution in [0.1, 0.15) is 29.5 Å². The lowest BCUT2D eigenvalue weighted by Gasteiger charge is -2.16. The molecule has 1 aliphatic heterocycles. The van der Waals surface area contributed by atoms with E-state index in [9.17, 15) is 4.79 Å². The molecule has 0 aromatic heterocycles. The summed E-state index contributed by atoms with van der Waals surface area (Å²) in [5, 5.41) is 6.63. The van der Waals surface area contributed by atoms with E-state index in [1.807, 2.05) is 23.1 Å². The molecule has 0 saturated carbocycles. The summed E-state index contributed by atoms with van der Waals surface area (Å²) in [7, 11) is 5.03. The second-order valence-corrected chi connectivity index (χ2v) is 7.19. The fourth-order valence-electron chi connectivity index (χ4n) is 3.44. The average Bonchev–Trinajstić information content (AvgIpc) is 3.19. The number of aliphatic imine (C=N–C) groups is 1. The van der Waals surface area contributed by atoms with Crippen LogP contribution in [-0.2, 0) is 24.4 Å². The third-order valence-electron chi connectivity index (χ3n) is 5.19. The molecule has 0 spiro atoms. The Bertz CT molecular complexity index is 881. The maximum atomic E-state index is 11.8. The van der Waals surface area contributed by atoms with Crippen LogP contribution in [-0.4, -0.2) is 44.6 Å². The van der Waals surface area contributed by atoms with Gasteiger partial charge in [-0.1, -0.05) is 24.3 Å². The van der Waals surface area contributed by atoms with Crippen LogP contribution in [0.15, 0.2) is 47.5 Å². The number of rotatable bonds is 8. The van der Waals surface area contributed by atoms with E-state index in [2.05, 4.69) is 39.9 Å². The van der Waals surface area contributed by atoms with Gasteiger partial charge in [0.05, 0.1) is 14.2 Å². The van der Waals surface area contributed by atoms with Crippen molar-refractivity contribution >= 4 is 11.9 Å². The first-order chi connectivity index (χ1) is 14.6. The number of nitrogens with one attached hydrogen (secondary N) is 2. The van der Waals surface area contributed by atoms with Gasteiger partial charge in [-0.15, -0.1) is 0 Å². The van der Waals surface area contributed by atoms with Crippen molar-refractivity contribution in [3.05, 3.63) is 59.2 Å². The minimum Gasteiger partial charge on any atom is -0.497 e. The molecular formula is C23H30N4O3. The molecule has 2 aromatic rings. The number of guanidine groups is 1. The smallest absolute Gasteiger partial charge is 0.222 e. The zero-order valence-corrected chi connectivity index (χ0v) is 17.9. The first-order valence-electron chi connectivity index (χ1n) is 10.1. The molecule has 0 unspecified atom stereocenters. The molecule has 0 bridgehead atoms. The summed E-state index contributed by atoms with van der Waals surface area (Å²) in [5.41, 5.74) is 3.32. The second kappa shape index (κ2) is 10.5. The number of benzene rings is 2. The van der Waals surface area contributed by atoms with E-state index in [-0.39, 0.29) is 5.91 Å². The molecule has 1 saturated heterocycles. The lowest BCUT2D eigenvalue weighted by Crippen LogP contribution is -2.36. The molecule has 2 N–H and O–H groups in total. The van der Waals surface area contributed by atoms with Crippen LogP contribution >= 0.6 is 0 Å². The summed E-state index contributed by atoms with van der Waals surface area (Å²) in [6, 6.07) is 14.1. The summed E-state index contributed by atoms with van der Waals surface area (Å²) >= 11 is 0. The van der Waals surface area contributed by atoms with Gasteiger partial charge in [0.1, 0.15) is 11.5 Å². The first kappa shape index (κ1) is 21.5. The van der Waals surface area contributed by atoms with E-state index < -0.39 is 0 Å². The molecule has 7 heteroatoms. The van der Waals surface area contributed by atoms with E-state index in [1.165, 1.54) is 0 Å². The minimum atomic E-state index is 0.254. The van der Waals surface area contributed by atoms with Gasteiger partial charge in [0.2, 0.25) is 5.91 Å². The van der Waals surface area contributed by atoms with Crippen molar-refractivity contribution in [2.75, 3.05) is 27.8 Å². The van der Waals surface area contributed by atoms with Gasteiger partial charge in [0, 0.05) is 51.3 Å². The van der Waals surface area contributed by atoms with E-state index >= 15 is 0 Å². The van der Waals surface area contributed by atoms with Crippen LogP contribution in [0.25, 0.3) is 0 Å². The summed E-state index contributed by atoms with van der Waals surface area (Å²) in [4.78, 5) is 18.0. The van der Waals surface area contributed by atoms with Gasteiger partial charge < -0.3 is 25.0 Å². The number of likely N-dealkylation sites (tertiary alicyclic amines) is 1. The molecule has 7 nitrogen and oxygen atoms in total. The van der Waals surface area contributed by atoms with Crippen LogP contribution in [0, 0.1) is 0 Å². The molecule has 1 fully saturated rings. The van der Waals surface area contributed by atoms with Crippen LogP contribution in [0.5, 0.6) is 11.5 Å². The molecule has 30 heavy (non-hydrogen) atoms. The Kier molecular flexibility index (Phi) is 7.54. The number of methoxy groups -OCH3 is 2. The monoisotopic (exact) mass is 410 g/mol. The third-order valence-corrected chi connectivity index (χ3v) is 5.19. The predicted octanol–water partition coefficient (Wildman–Crippen LogP) is 2.69. The molecule has 1 heterocycles. The molecule has 3 rings (SSSR count). The Morgan fingerprint density at radius 2 is 1.77 bits per heavy atom. The molecule has 1 aliphatic rings. The van der Waals surface area contributed by atoms with Gasteiger partial charge in [0.25, 0.3) is 0 Å². The van der Waals surface area contributed by atoms with Crippen molar-refractivity contribution in [1.82, 2.24) is 15.5 Å². The number of nitrogens with zero attached hydrogens (tertiary/aromatic N) is 2. The molecular weight excluding hydrogens is 380 g/mol. The molecule has 1 amide bonds. The lowest BCUT2D eigenvalue weighted by molar-refractivity contribution is -0.128. The standard InChI is InChI=1S/C23H30N4O3/c1-24-23(26-15-19-10-11-20(29-2)13-21(19)30-3)25-14-17-6-8-18(9-7-17)16-27-12-4-5-22(27)28/h6-11,13H,4-5,12,14-16H2,1-3H3,(H2,24,25,26). The zero-order chi connectivity index (χ0) is 21.3. The maximum absolute atomic E-state index is 11.8. The number of hydrogen-bond acceptors (Lipinski definition) is 4. The topological polar surface area (TPSA) is 75.2 Å². The van der Waals surface area contributed by atoms with Crippen LogP contribution in [0.3, 0.4) is 0 Å². The van der Waals surface area contributed by atoms with Crippen molar-refractivity contribution < 1.29 is 14.3 Å². The van der Waals surface area contributed by atoms with E-state index in [4.69, 9.17) is 9.47 Å². The summed E-state index contributed by atoms with van der Waals surface area (Å²) in [6.45, 7) is 2.79. The fraction of sp³-hybridized carbons (Fsp3) is 0.391. The highest BCUT2D eigenvalue weighted by molar-refractivity contribution is 5.79. The van der Waals surface area contributed by atoms with Crippen LogP contribution in [0.4, 0.5) is 0 Å². The van der Waals surface area contributed by atoms with Crippen molar-refractivity contribution in [1.29, 1.82) is 0 Å². The maximum Gasteiger partial charge on any atom is 0.222 e. The van der Waals surface area contributed by atoms with Gasteiger partial charge in [-0.3, -0.25) is 9.79 Å². The zero-order valence-electron chi connectivity index (χ0n) is 17.9. The Balaban J connectivity index is 1.50. The van der Waals surface area contributed by atoms with Crippen molar-refractivity contribution in [2.45, 2.75) is 32.5 Å². The number of carbonyl (C=O) groups is 1. The Labute approximate surface area is 178 Å². The fourth-order valence-corrected chi connectivity index (χ4v) is 3.44. The summed E-state index contributed by atoms with van der Waals surface area (Å²) in [6.07, 6.45) is 1.64. The highest BCUT2D eigenvalue weighted by Crippen LogP contribution is 2.24. The van der Waals surface area contributed by atoms with Gasteiger partial charge in [-0.25, -0.2) is 0 Å². The molecule has 160 valence electrons. The largest absolute Gasteiger partial charge is 0.497 e. The normalized spacial score (nSPS) is 14.0. The predicted molar refractivity (Wildman–Crippen MR) is 118 cm³/mol. The van der Waals surface area contributed by atoms with Crippen molar-refractivity contribution in [3.8, 4) is 11.5 Å². The summed E-state index contributed by atoms with van der Waals surface area (Å²) < 4.78 is 10.7. The highest BCUT2D eigenvalue weighted by Gasteiger charge is 2.19. The van der Waals surface area contributed by atoms with Gasteiger partial charge >= 0.3 is 0 Å². The minimum absolute atomic E-state index is 0.254. The average molecular weight is 411 g/mol. The van der Waals surface area contributed by atoms with Gasteiger partial charge in [0.15, 0.2) is 5.96 Å². The summed E-state index contributed by atoms with van der Waals surface area (Å²) in [5.74, 6) is 2.49. The van der Waals surface area contributed by atoms with E-state index in [0.29, 0.717) is 32.0 Å². The third kappa shape index (κ3) is 5.65. The number of amides is 1. The Morgan fingerprint density at radius 3 is 2.40 bits per heavy atom. The van der Waals surface area contributed by atoms with Crippen molar-refractivity contribution in [2.24, 2.45) is 4.99 Å². The first-order valence-corrected chi connectivity index (χ1v) is 10.1. The highest BCUT2D eigenvalue weighted by atomic mass is 16.5.